The Morgan fingerprint density at radius 3 is 2.39 bits per heavy atom. The smallest absolute Gasteiger partial charge is 0.249 e. The summed E-state index contributed by atoms with van der Waals surface area (Å²) in [5.74, 6) is 0.278. The number of nitrogens with zero attached hydrogens (tertiary/aromatic N) is 2. The number of aryl methyl sites for hydroxylation is 2. The summed E-state index contributed by atoms with van der Waals surface area (Å²) in [6, 6.07) is 41.7. The average Bonchev–Trinajstić information content (AvgIpc) is 3.47. The van der Waals surface area contributed by atoms with Crippen molar-refractivity contribution in [2.24, 2.45) is 0 Å². The second kappa shape index (κ2) is 9.62. The van der Waals surface area contributed by atoms with Crippen LogP contribution in [0.1, 0.15) is 35.1 Å². The van der Waals surface area contributed by atoms with E-state index in [9.17, 15) is 0 Å². The first-order valence-electron chi connectivity index (χ1n) is 15.5. The third-order valence-electron chi connectivity index (χ3n) is 9.78. The molecule has 0 radical (unpaired) electrons. The summed E-state index contributed by atoms with van der Waals surface area (Å²) in [5, 5.41) is 2.29. The van der Waals surface area contributed by atoms with Crippen molar-refractivity contribution in [2.75, 3.05) is 0 Å². The topological polar surface area (TPSA) is 20.9 Å². The van der Waals surface area contributed by atoms with Crippen LogP contribution in [0.15, 0.2) is 139 Å². The van der Waals surface area contributed by atoms with E-state index in [-0.39, 0.29) is 12.0 Å². The van der Waals surface area contributed by atoms with Crippen LogP contribution >= 0.6 is 0 Å². The molecule has 3 nitrogen and oxygen atoms in total. The summed E-state index contributed by atoms with van der Waals surface area (Å²) in [6.45, 7) is 7.04. The number of pyridine rings is 2. The molecule has 210 valence electrons. The number of para-hydroxylation sites is 1. The van der Waals surface area contributed by atoms with Gasteiger partial charge < -0.3 is 4.42 Å². The molecule has 0 aliphatic carbocycles. The van der Waals surface area contributed by atoms with Gasteiger partial charge in [0, 0.05) is 46.2 Å². The maximum Gasteiger partial charge on any atom is 0.249 e. The van der Waals surface area contributed by atoms with Crippen molar-refractivity contribution >= 4 is 27.6 Å². The van der Waals surface area contributed by atoms with E-state index in [0.717, 1.165) is 57.3 Å². The zero-order chi connectivity index (χ0) is 29.4. The van der Waals surface area contributed by atoms with Crippen molar-refractivity contribution in [2.45, 2.75) is 31.7 Å². The molecule has 4 aromatic carbocycles. The molecule has 0 spiro atoms. The zero-order valence-electron chi connectivity index (χ0n) is 24.7. The minimum absolute atomic E-state index is 0.0804. The Bertz CT molecular complexity index is 2280. The van der Waals surface area contributed by atoms with E-state index in [1.54, 1.807) is 0 Å². The predicted octanol–water partition coefficient (Wildman–Crippen LogP) is 9.23. The van der Waals surface area contributed by atoms with Gasteiger partial charge in [0.25, 0.3) is 0 Å². The van der Waals surface area contributed by atoms with Crippen LogP contribution in [0.2, 0.25) is 0 Å². The van der Waals surface area contributed by atoms with Crippen molar-refractivity contribution in [1.29, 1.82) is 0 Å². The molecule has 0 saturated carbocycles. The number of fused-ring (bicyclic) bond motifs is 13. The molecule has 0 fully saturated rings. The van der Waals surface area contributed by atoms with Crippen molar-refractivity contribution < 1.29 is 13.6 Å². The van der Waals surface area contributed by atoms with E-state index in [0.29, 0.717) is 0 Å². The lowest BCUT2D eigenvalue weighted by Crippen LogP contribution is -2.53. The highest BCUT2D eigenvalue weighted by Crippen LogP contribution is 2.47. The fraction of sp³-hybridized carbons (Fsp3) is 0.122. The zero-order valence-corrected chi connectivity index (χ0v) is 24.7. The maximum absolute atomic E-state index is 6.96. The largest absolute Gasteiger partial charge is 0.454 e. The minimum atomic E-state index is 0.0804. The summed E-state index contributed by atoms with van der Waals surface area (Å²) in [6.07, 6.45) is 6.35. The number of benzene rings is 4. The molecule has 0 amide bonds. The van der Waals surface area contributed by atoms with Gasteiger partial charge in [0.15, 0.2) is 12.4 Å². The van der Waals surface area contributed by atoms with Crippen LogP contribution in [0.3, 0.4) is 0 Å². The molecule has 2 atom stereocenters. The molecule has 5 heterocycles. The fourth-order valence-corrected chi connectivity index (χ4v) is 7.81. The van der Waals surface area contributed by atoms with Crippen LogP contribution in [-0.4, -0.2) is 0 Å². The van der Waals surface area contributed by atoms with Gasteiger partial charge in [-0.1, -0.05) is 78.4 Å². The number of aromatic nitrogens is 2. The molecule has 9 rings (SSSR count). The van der Waals surface area contributed by atoms with Crippen LogP contribution in [0, 0.1) is 6.92 Å². The van der Waals surface area contributed by atoms with Crippen LogP contribution in [0.25, 0.3) is 61.3 Å². The number of rotatable bonds is 1. The molecule has 3 heteroatoms. The Labute approximate surface area is 257 Å². The highest BCUT2D eigenvalue weighted by Gasteiger charge is 2.46. The Morgan fingerprint density at radius 1 is 0.705 bits per heavy atom. The monoisotopic (exact) mass is 568 g/mol. The van der Waals surface area contributed by atoms with Crippen LogP contribution in [-0.2, 0) is 6.42 Å². The van der Waals surface area contributed by atoms with Crippen molar-refractivity contribution in [1.82, 2.24) is 0 Å². The van der Waals surface area contributed by atoms with Crippen LogP contribution in [0.4, 0.5) is 0 Å². The first-order chi connectivity index (χ1) is 21.7. The molecular formula is C41H32N2O+2. The van der Waals surface area contributed by atoms with Crippen molar-refractivity contribution in [3.8, 4) is 33.6 Å². The molecule has 2 aliphatic heterocycles. The number of hydrogen-bond acceptors (Lipinski definition) is 1. The van der Waals surface area contributed by atoms with Crippen LogP contribution in [0.5, 0.6) is 0 Å². The van der Waals surface area contributed by atoms with Crippen molar-refractivity contribution in [3.05, 3.63) is 151 Å². The lowest BCUT2D eigenvalue weighted by molar-refractivity contribution is -0.727. The van der Waals surface area contributed by atoms with Gasteiger partial charge in [-0.05, 0) is 61.2 Å². The molecule has 2 unspecified atom stereocenters. The quantitative estimate of drug-likeness (QED) is 0.181. The molecule has 3 aromatic heterocycles. The lowest BCUT2D eigenvalue weighted by atomic mass is 9.78. The first-order valence-corrected chi connectivity index (χ1v) is 15.5. The third-order valence-corrected chi connectivity index (χ3v) is 9.78. The Morgan fingerprint density at radius 2 is 1.50 bits per heavy atom. The van der Waals surface area contributed by atoms with Gasteiger partial charge in [-0.25, -0.2) is 0 Å². The number of hydrogen-bond donors (Lipinski definition) is 0. The first kappa shape index (κ1) is 25.2. The SMILES string of the molecule is C=C1C2C(CCc3ccc4c(oc5c(-c6ccccc6)cccc54)c3-c3cccc[n+]31)c1cc(C)ccc1-c1cccc[n+]12. The van der Waals surface area contributed by atoms with Gasteiger partial charge in [0.2, 0.25) is 23.1 Å². The Balaban J connectivity index is 1.32. The van der Waals surface area contributed by atoms with E-state index in [4.69, 9.17) is 11.0 Å². The lowest BCUT2D eigenvalue weighted by Gasteiger charge is -2.29. The summed E-state index contributed by atoms with van der Waals surface area (Å²) in [7, 11) is 0. The van der Waals surface area contributed by atoms with Gasteiger partial charge in [0.05, 0.1) is 11.5 Å². The molecular weight excluding hydrogens is 536 g/mol. The molecule has 7 aromatic rings. The summed E-state index contributed by atoms with van der Waals surface area (Å²) >= 11 is 0. The predicted molar refractivity (Wildman–Crippen MR) is 177 cm³/mol. The normalized spacial score (nSPS) is 17.1. The van der Waals surface area contributed by atoms with Gasteiger partial charge >= 0.3 is 0 Å². The van der Waals surface area contributed by atoms with E-state index in [1.165, 1.54) is 33.5 Å². The summed E-state index contributed by atoms with van der Waals surface area (Å²) in [4.78, 5) is 0. The van der Waals surface area contributed by atoms with Crippen molar-refractivity contribution in [3.63, 3.8) is 0 Å². The molecule has 44 heavy (non-hydrogen) atoms. The van der Waals surface area contributed by atoms with Gasteiger partial charge in [0.1, 0.15) is 11.2 Å². The third kappa shape index (κ3) is 3.62. The number of furan rings is 1. The van der Waals surface area contributed by atoms with Gasteiger partial charge in [-0.3, -0.25) is 0 Å². The van der Waals surface area contributed by atoms with Crippen LogP contribution < -0.4 is 9.13 Å². The van der Waals surface area contributed by atoms with E-state index >= 15 is 0 Å². The summed E-state index contributed by atoms with van der Waals surface area (Å²) in [5.41, 5.74) is 14.1. The molecule has 0 bridgehead atoms. The van der Waals surface area contributed by atoms with E-state index in [1.807, 2.05) is 0 Å². The number of allylic oxidation sites excluding steroid dienone is 1. The molecule has 2 aliphatic rings. The highest BCUT2D eigenvalue weighted by molar-refractivity contribution is 6.13. The van der Waals surface area contributed by atoms with Gasteiger partial charge in [-0.2, -0.15) is 9.13 Å². The second-order valence-electron chi connectivity index (χ2n) is 12.2. The molecule has 0 saturated heterocycles. The standard InChI is InChI=1S/C41H32N2O/c1-26-17-20-31-35(25-26)32-21-18-29-19-22-34-33-14-10-13-30(28-11-4-3-5-12-28)40(33)44-41(34)38(29)37-16-7-8-23-42(37)27(2)39(32)43-24-9-6-15-36(31)43/h3-17,19-20,22-25,32,39H,2,18,21H2,1H3/q+2. The maximum atomic E-state index is 6.96. The highest BCUT2D eigenvalue weighted by atomic mass is 16.3. The minimum Gasteiger partial charge on any atom is -0.454 e. The molecule has 0 N–H and O–H groups in total. The van der Waals surface area contributed by atoms with Gasteiger partial charge in [-0.15, -0.1) is 0 Å². The average molecular weight is 569 g/mol. The Hall–Kier alpha value is -5.28. The summed E-state index contributed by atoms with van der Waals surface area (Å²) < 4.78 is 11.7. The fourth-order valence-electron chi connectivity index (χ4n) is 7.81. The second-order valence-corrected chi connectivity index (χ2v) is 12.2. The van der Waals surface area contributed by atoms with E-state index in [2.05, 4.69) is 144 Å². The van der Waals surface area contributed by atoms with E-state index < -0.39 is 0 Å². The Kier molecular flexibility index (Phi) is 5.52.